The van der Waals surface area contributed by atoms with Gasteiger partial charge in [-0.15, -0.1) is 10.2 Å². The number of nitrogens with one attached hydrogen (secondary N) is 2. The van der Waals surface area contributed by atoms with Crippen molar-refractivity contribution in [3.05, 3.63) is 17.8 Å². The summed E-state index contributed by atoms with van der Waals surface area (Å²) in [7, 11) is 0. The Hall–Kier alpha value is -1.69. The lowest BCUT2D eigenvalue weighted by Gasteiger charge is -2.28. The molecule has 1 aromatic rings. The Morgan fingerprint density at radius 2 is 2.30 bits per heavy atom. The summed E-state index contributed by atoms with van der Waals surface area (Å²) in [4.78, 5) is 14.0. The summed E-state index contributed by atoms with van der Waals surface area (Å²) in [6.07, 6.45) is 2.19. The highest BCUT2D eigenvalue weighted by atomic mass is 16.1. The van der Waals surface area contributed by atoms with Crippen molar-refractivity contribution in [2.45, 2.75) is 32.7 Å². The number of hydrogen-bond acceptors (Lipinski definition) is 5. The molecule has 1 aliphatic rings. The van der Waals surface area contributed by atoms with Gasteiger partial charge in [0, 0.05) is 25.7 Å². The lowest BCUT2D eigenvalue weighted by molar-refractivity contribution is 0.0950. The van der Waals surface area contributed by atoms with Gasteiger partial charge in [0.15, 0.2) is 11.5 Å². The summed E-state index contributed by atoms with van der Waals surface area (Å²) in [6, 6.07) is 4.11. The number of carbonyl (C=O) groups excluding carboxylic acids is 1. The Kier molecular flexibility index (Phi) is 5.29. The van der Waals surface area contributed by atoms with Gasteiger partial charge in [-0.25, -0.2) is 0 Å². The largest absolute Gasteiger partial charge is 0.351 e. The Labute approximate surface area is 120 Å². The van der Waals surface area contributed by atoms with Crippen molar-refractivity contribution in [3.8, 4) is 0 Å². The predicted molar refractivity (Wildman–Crippen MR) is 79.0 cm³/mol. The van der Waals surface area contributed by atoms with E-state index >= 15 is 0 Å². The van der Waals surface area contributed by atoms with Crippen LogP contribution in [0.5, 0.6) is 0 Å². The van der Waals surface area contributed by atoms with Crippen molar-refractivity contribution in [2.24, 2.45) is 0 Å². The molecule has 0 radical (unpaired) electrons. The third kappa shape index (κ3) is 3.45. The number of rotatable bonds is 6. The van der Waals surface area contributed by atoms with E-state index in [-0.39, 0.29) is 5.91 Å². The highest BCUT2D eigenvalue weighted by molar-refractivity contribution is 5.92. The maximum Gasteiger partial charge on any atom is 0.271 e. The second-order valence-electron chi connectivity index (χ2n) is 4.98. The van der Waals surface area contributed by atoms with Crippen LogP contribution in [0.2, 0.25) is 0 Å². The van der Waals surface area contributed by atoms with E-state index in [0.29, 0.717) is 18.3 Å². The first-order chi connectivity index (χ1) is 9.76. The number of amides is 1. The van der Waals surface area contributed by atoms with Crippen molar-refractivity contribution < 1.29 is 4.79 Å². The van der Waals surface area contributed by atoms with Gasteiger partial charge < -0.3 is 15.5 Å². The SMILES string of the molecule is CCCN(c1ccc(C(=O)NCC)nn1)C1CCNC1. The predicted octanol–water partition coefficient (Wildman–Crippen LogP) is 0.805. The molecule has 2 heterocycles. The molecule has 1 unspecified atom stereocenters. The average molecular weight is 277 g/mol. The molecule has 0 aromatic carbocycles. The van der Waals surface area contributed by atoms with Crippen LogP contribution in [0.3, 0.4) is 0 Å². The Balaban J connectivity index is 2.11. The highest BCUT2D eigenvalue weighted by Crippen LogP contribution is 2.17. The molecule has 2 rings (SSSR count). The molecule has 1 aliphatic heterocycles. The fourth-order valence-electron chi connectivity index (χ4n) is 2.48. The van der Waals surface area contributed by atoms with Gasteiger partial charge in [0.1, 0.15) is 0 Å². The topological polar surface area (TPSA) is 70.2 Å². The van der Waals surface area contributed by atoms with Crippen molar-refractivity contribution in [1.82, 2.24) is 20.8 Å². The molecule has 1 atom stereocenters. The smallest absolute Gasteiger partial charge is 0.271 e. The van der Waals surface area contributed by atoms with E-state index in [2.05, 4.69) is 32.7 Å². The maximum absolute atomic E-state index is 11.7. The molecule has 1 fully saturated rings. The lowest BCUT2D eigenvalue weighted by atomic mass is 10.2. The van der Waals surface area contributed by atoms with Gasteiger partial charge in [0.2, 0.25) is 0 Å². The summed E-state index contributed by atoms with van der Waals surface area (Å²) in [5.74, 6) is 0.685. The molecule has 2 N–H and O–H groups in total. The van der Waals surface area contributed by atoms with E-state index in [0.717, 1.165) is 38.3 Å². The van der Waals surface area contributed by atoms with E-state index in [4.69, 9.17) is 0 Å². The van der Waals surface area contributed by atoms with Crippen LogP contribution >= 0.6 is 0 Å². The molecule has 0 saturated carbocycles. The van der Waals surface area contributed by atoms with E-state index in [1.807, 2.05) is 13.0 Å². The minimum Gasteiger partial charge on any atom is -0.351 e. The molecule has 6 nitrogen and oxygen atoms in total. The maximum atomic E-state index is 11.7. The van der Waals surface area contributed by atoms with Crippen molar-refractivity contribution >= 4 is 11.7 Å². The average Bonchev–Trinajstić information content (AvgIpc) is 2.99. The van der Waals surface area contributed by atoms with Gasteiger partial charge in [-0.2, -0.15) is 0 Å². The number of nitrogens with zero attached hydrogens (tertiary/aromatic N) is 3. The first kappa shape index (κ1) is 14.7. The molecular weight excluding hydrogens is 254 g/mol. The molecule has 1 saturated heterocycles. The zero-order valence-corrected chi connectivity index (χ0v) is 12.2. The van der Waals surface area contributed by atoms with Crippen LogP contribution in [0.1, 0.15) is 37.2 Å². The number of aromatic nitrogens is 2. The van der Waals surface area contributed by atoms with Crippen LogP contribution in [-0.2, 0) is 0 Å². The highest BCUT2D eigenvalue weighted by Gasteiger charge is 2.23. The summed E-state index contributed by atoms with van der Waals surface area (Å²) in [5, 5.41) is 14.4. The van der Waals surface area contributed by atoms with Crippen molar-refractivity contribution in [3.63, 3.8) is 0 Å². The molecule has 0 bridgehead atoms. The summed E-state index contributed by atoms with van der Waals surface area (Å²) in [6.45, 7) is 7.64. The molecule has 1 aromatic heterocycles. The first-order valence-electron chi connectivity index (χ1n) is 7.35. The van der Waals surface area contributed by atoms with E-state index < -0.39 is 0 Å². The summed E-state index contributed by atoms with van der Waals surface area (Å²) in [5.41, 5.74) is 0.372. The minimum atomic E-state index is -0.170. The van der Waals surface area contributed by atoms with E-state index in [1.165, 1.54) is 0 Å². The third-order valence-electron chi connectivity index (χ3n) is 3.45. The monoisotopic (exact) mass is 277 g/mol. The van der Waals surface area contributed by atoms with Crippen LogP contribution in [0, 0.1) is 0 Å². The van der Waals surface area contributed by atoms with Crippen LogP contribution in [-0.4, -0.2) is 48.3 Å². The van der Waals surface area contributed by atoms with E-state index in [1.54, 1.807) is 6.07 Å². The number of carbonyl (C=O) groups is 1. The zero-order chi connectivity index (χ0) is 14.4. The second-order valence-corrected chi connectivity index (χ2v) is 4.98. The Morgan fingerprint density at radius 1 is 1.45 bits per heavy atom. The first-order valence-corrected chi connectivity index (χ1v) is 7.35. The summed E-state index contributed by atoms with van der Waals surface area (Å²) < 4.78 is 0. The standard InChI is InChI=1S/C14H23N5O/c1-3-9-19(11-7-8-15-10-11)13-6-5-12(17-18-13)14(20)16-4-2/h5-6,11,15H,3-4,7-10H2,1-2H3,(H,16,20). The van der Waals surface area contributed by atoms with Crippen LogP contribution in [0.4, 0.5) is 5.82 Å². The fourth-order valence-corrected chi connectivity index (χ4v) is 2.48. The number of anilines is 1. The van der Waals surface area contributed by atoms with E-state index in [9.17, 15) is 4.79 Å². The molecule has 1 amide bonds. The van der Waals surface area contributed by atoms with Gasteiger partial charge in [0.05, 0.1) is 0 Å². The zero-order valence-electron chi connectivity index (χ0n) is 12.2. The molecule has 0 aliphatic carbocycles. The van der Waals surface area contributed by atoms with Crippen LogP contribution in [0.15, 0.2) is 12.1 Å². The van der Waals surface area contributed by atoms with Crippen molar-refractivity contribution in [2.75, 3.05) is 31.1 Å². The second kappa shape index (κ2) is 7.19. The van der Waals surface area contributed by atoms with Gasteiger partial charge >= 0.3 is 0 Å². The number of hydrogen-bond donors (Lipinski definition) is 2. The van der Waals surface area contributed by atoms with Crippen LogP contribution in [0.25, 0.3) is 0 Å². The fraction of sp³-hybridized carbons (Fsp3) is 0.643. The molecule has 20 heavy (non-hydrogen) atoms. The quantitative estimate of drug-likeness (QED) is 0.805. The van der Waals surface area contributed by atoms with Crippen molar-refractivity contribution in [1.29, 1.82) is 0 Å². The molecule has 0 spiro atoms. The Bertz CT molecular complexity index is 428. The lowest BCUT2D eigenvalue weighted by Crippen LogP contribution is -2.38. The van der Waals surface area contributed by atoms with Gasteiger partial charge in [-0.1, -0.05) is 6.92 Å². The third-order valence-corrected chi connectivity index (χ3v) is 3.45. The van der Waals surface area contributed by atoms with Crippen LogP contribution < -0.4 is 15.5 Å². The molecule has 110 valence electrons. The van der Waals surface area contributed by atoms with Gasteiger partial charge in [0.25, 0.3) is 5.91 Å². The minimum absolute atomic E-state index is 0.170. The molecule has 6 heteroatoms. The molecular formula is C14H23N5O. The summed E-state index contributed by atoms with van der Waals surface area (Å²) >= 11 is 0. The normalized spacial score (nSPS) is 18.0. The van der Waals surface area contributed by atoms with Gasteiger partial charge in [-0.05, 0) is 38.4 Å². The van der Waals surface area contributed by atoms with Gasteiger partial charge in [-0.3, -0.25) is 4.79 Å². The Morgan fingerprint density at radius 3 is 2.85 bits per heavy atom.